The highest BCUT2D eigenvalue weighted by Gasteiger charge is 2.08. The average Bonchev–Trinajstić information content (AvgIpc) is 3.10. The number of hydrogen-bond acceptors (Lipinski definition) is 4. The lowest BCUT2D eigenvalue weighted by molar-refractivity contribution is 0.879. The molecule has 4 rings (SSSR count). The predicted molar refractivity (Wildman–Crippen MR) is 82.7 cm³/mol. The molecule has 6 heteroatoms. The second-order valence-corrected chi connectivity index (χ2v) is 4.83. The van der Waals surface area contributed by atoms with Crippen molar-refractivity contribution in [3.8, 4) is 16.9 Å². The van der Waals surface area contributed by atoms with E-state index in [1.165, 1.54) is 6.33 Å². The molecule has 2 aromatic heterocycles. The molecule has 0 bridgehead atoms. The SMILES string of the molecule is O=c1[nH]nc(-c2ccc(-n3cncn3)cc2)c2ccccc12. The summed E-state index contributed by atoms with van der Waals surface area (Å²) in [6.45, 7) is 0. The van der Waals surface area contributed by atoms with Crippen molar-refractivity contribution in [3.63, 3.8) is 0 Å². The fraction of sp³-hybridized carbons (Fsp3) is 0. The molecule has 0 aliphatic carbocycles. The second kappa shape index (κ2) is 4.92. The molecule has 0 radical (unpaired) electrons. The highest BCUT2D eigenvalue weighted by molar-refractivity contribution is 5.93. The van der Waals surface area contributed by atoms with Crippen molar-refractivity contribution < 1.29 is 0 Å². The van der Waals surface area contributed by atoms with Crippen LogP contribution in [0.25, 0.3) is 27.7 Å². The Labute approximate surface area is 125 Å². The first-order chi connectivity index (χ1) is 10.8. The highest BCUT2D eigenvalue weighted by Crippen LogP contribution is 2.24. The summed E-state index contributed by atoms with van der Waals surface area (Å²) < 4.78 is 1.68. The van der Waals surface area contributed by atoms with Gasteiger partial charge in [-0.2, -0.15) is 10.2 Å². The summed E-state index contributed by atoms with van der Waals surface area (Å²) >= 11 is 0. The molecule has 6 nitrogen and oxygen atoms in total. The number of rotatable bonds is 2. The molecule has 0 amide bonds. The summed E-state index contributed by atoms with van der Waals surface area (Å²) in [5, 5.41) is 12.3. The van der Waals surface area contributed by atoms with Gasteiger partial charge in [-0.3, -0.25) is 4.79 Å². The van der Waals surface area contributed by atoms with Gasteiger partial charge in [0.1, 0.15) is 12.7 Å². The van der Waals surface area contributed by atoms with Crippen LogP contribution in [-0.4, -0.2) is 25.0 Å². The predicted octanol–water partition coefficient (Wildman–Crippen LogP) is 2.17. The Morgan fingerprint density at radius 3 is 2.45 bits per heavy atom. The van der Waals surface area contributed by atoms with Crippen molar-refractivity contribution in [1.82, 2.24) is 25.0 Å². The molecule has 22 heavy (non-hydrogen) atoms. The lowest BCUT2D eigenvalue weighted by Crippen LogP contribution is -2.09. The van der Waals surface area contributed by atoms with E-state index in [1.807, 2.05) is 42.5 Å². The first-order valence-electron chi connectivity index (χ1n) is 6.76. The summed E-state index contributed by atoms with van der Waals surface area (Å²) in [5.74, 6) is 0. The molecule has 0 saturated carbocycles. The molecule has 0 saturated heterocycles. The quantitative estimate of drug-likeness (QED) is 0.613. The normalized spacial score (nSPS) is 10.9. The molecular formula is C16H11N5O. The van der Waals surface area contributed by atoms with E-state index in [-0.39, 0.29) is 5.56 Å². The largest absolute Gasteiger partial charge is 0.272 e. The van der Waals surface area contributed by atoms with E-state index in [0.717, 1.165) is 22.3 Å². The molecule has 4 aromatic rings. The van der Waals surface area contributed by atoms with Gasteiger partial charge < -0.3 is 0 Å². The van der Waals surface area contributed by atoms with Crippen molar-refractivity contribution in [2.45, 2.75) is 0 Å². The van der Waals surface area contributed by atoms with Gasteiger partial charge in [-0.1, -0.05) is 30.3 Å². The van der Waals surface area contributed by atoms with E-state index < -0.39 is 0 Å². The molecule has 1 N–H and O–H groups in total. The number of fused-ring (bicyclic) bond motifs is 1. The molecular weight excluding hydrogens is 278 g/mol. The van der Waals surface area contributed by atoms with Crippen LogP contribution in [0.4, 0.5) is 0 Å². The van der Waals surface area contributed by atoms with Gasteiger partial charge in [0.05, 0.1) is 16.8 Å². The number of nitrogens with zero attached hydrogens (tertiary/aromatic N) is 4. The van der Waals surface area contributed by atoms with E-state index >= 15 is 0 Å². The van der Waals surface area contributed by atoms with Crippen LogP contribution in [0.3, 0.4) is 0 Å². The zero-order chi connectivity index (χ0) is 14.9. The Hall–Kier alpha value is -3.28. The van der Waals surface area contributed by atoms with Crippen molar-refractivity contribution in [3.05, 3.63) is 71.5 Å². The van der Waals surface area contributed by atoms with Crippen molar-refractivity contribution >= 4 is 10.8 Å². The fourth-order valence-electron chi connectivity index (χ4n) is 2.45. The summed E-state index contributed by atoms with van der Waals surface area (Å²) in [7, 11) is 0. The minimum Gasteiger partial charge on any atom is -0.267 e. The van der Waals surface area contributed by atoms with Gasteiger partial charge in [0.2, 0.25) is 0 Å². The summed E-state index contributed by atoms with van der Waals surface area (Å²) in [5.41, 5.74) is 2.41. The Bertz CT molecular complexity index is 987. The minimum absolute atomic E-state index is 0.182. The highest BCUT2D eigenvalue weighted by atomic mass is 16.1. The number of hydrogen-bond donors (Lipinski definition) is 1. The number of aromatic amines is 1. The van der Waals surface area contributed by atoms with Crippen LogP contribution in [0.1, 0.15) is 0 Å². The monoisotopic (exact) mass is 289 g/mol. The number of nitrogens with one attached hydrogen (secondary N) is 1. The van der Waals surface area contributed by atoms with Crippen molar-refractivity contribution in [1.29, 1.82) is 0 Å². The average molecular weight is 289 g/mol. The van der Waals surface area contributed by atoms with Gasteiger partial charge in [0.15, 0.2) is 0 Å². The lowest BCUT2D eigenvalue weighted by Gasteiger charge is -2.06. The molecule has 2 aromatic carbocycles. The Morgan fingerprint density at radius 1 is 0.955 bits per heavy atom. The van der Waals surface area contributed by atoms with Gasteiger partial charge in [0.25, 0.3) is 5.56 Å². The second-order valence-electron chi connectivity index (χ2n) is 4.83. The van der Waals surface area contributed by atoms with E-state index in [1.54, 1.807) is 17.1 Å². The Morgan fingerprint density at radius 2 is 1.73 bits per heavy atom. The van der Waals surface area contributed by atoms with Crippen LogP contribution in [-0.2, 0) is 0 Å². The Kier molecular flexibility index (Phi) is 2.79. The number of aromatic nitrogens is 5. The van der Waals surface area contributed by atoms with Gasteiger partial charge >= 0.3 is 0 Å². The summed E-state index contributed by atoms with van der Waals surface area (Å²) in [6, 6.07) is 15.2. The smallest absolute Gasteiger partial charge is 0.267 e. The van der Waals surface area contributed by atoms with Crippen LogP contribution in [0, 0.1) is 0 Å². The van der Waals surface area contributed by atoms with Crippen LogP contribution < -0.4 is 5.56 Å². The van der Waals surface area contributed by atoms with Gasteiger partial charge in [-0.05, 0) is 18.2 Å². The zero-order valence-electron chi connectivity index (χ0n) is 11.5. The van der Waals surface area contributed by atoms with Crippen LogP contribution in [0.15, 0.2) is 66.0 Å². The van der Waals surface area contributed by atoms with Crippen molar-refractivity contribution in [2.24, 2.45) is 0 Å². The fourth-order valence-corrected chi connectivity index (χ4v) is 2.45. The third-order valence-corrected chi connectivity index (χ3v) is 3.52. The van der Waals surface area contributed by atoms with Crippen LogP contribution in [0.2, 0.25) is 0 Å². The Balaban J connectivity index is 1.86. The van der Waals surface area contributed by atoms with Crippen LogP contribution in [0.5, 0.6) is 0 Å². The lowest BCUT2D eigenvalue weighted by atomic mass is 10.0. The van der Waals surface area contributed by atoms with E-state index in [9.17, 15) is 4.79 Å². The molecule has 0 fully saturated rings. The molecule has 0 atom stereocenters. The number of H-pyrrole nitrogens is 1. The number of benzene rings is 2. The standard InChI is InChI=1S/C16H11N5O/c22-16-14-4-2-1-3-13(14)15(19-20-16)11-5-7-12(8-6-11)21-10-17-9-18-21/h1-10H,(H,20,22). The molecule has 0 spiro atoms. The molecule has 0 unspecified atom stereocenters. The van der Waals surface area contributed by atoms with Crippen LogP contribution >= 0.6 is 0 Å². The van der Waals surface area contributed by atoms with Crippen molar-refractivity contribution in [2.75, 3.05) is 0 Å². The molecule has 0 aliphatic heterocycles. The van der Waals surface area contributed by atoms with E-state index in [2.05, 4.69) is 20.3 Å². The molecule has 2 heterocycles. The third-order valence-electron chi connectivity index (χ3n) is 3.52. The van der Waals surface area contributed by atoms with Gasteiger partial charge in [-0.25, -0.2) is 14.8 Å². The van der Waals surface area contributed by atoms with E-state index in [0.29, 0.717) is 5.39 Å². The third kappa shape index (κ3) is 1.98. The maximum atomic E-state index is 11.8. The van der Waals surface area contributed by atoms with Gasteiger partial charge in [0, 0.05) is 10.9 Å². The molecule has 106 valence electrons. The first kappa shape index (κ1) is 12.5. The molecule has 0 aliphatic rings. The zero-order valence-corrected chi connectivity index (χ0v) is 11.5. The van der Waals surface area contributed by atoms with Gasteiger partial charge in [-0.15, -0.1) is 0 Å². The topological polar surface area (TPSA) is 76.5 Å². The van der Waals surface area contributed by atoms with E-state index in [4.69, 9.17) is 0 Å². The maximum Gasteiger partial charge on any atom is 0.272 e. The maximum absolute atomic E-state index is 11.8. The summed E-state index contributed by atoms with van der Waals surface area (Å²) in [6.07, 6.45) is 3.13. The summed E-state index contributed by atoms with van der Waals surface area (Å²) in [4.78, 5) is 15.8. The first-order valence-corrected chi connectivity index (χ1v) is 6.76. The minimum atomic E-state index is -0.182.